The van der Waals surface area contributed by atoms with Gasteiger partial charge < -0.3 is 15.3 Å². The molecule has 5 nitrogen and oxygen atoms in total. The van der Waals surface area contributed by atoms with Crippen LogP contribution in [0.3, 0.4) is 0 Å². The number of likely N-dealkylation sites (tertiary alicyclic amines) is 2. The number of guanidine groups is 1. The average Bonchev–Trinajstić information content (AvgIpc) is 2.53. The zero-order chi connectivity index (χ0) is 16.7. The molecule has 5 heteroatoms. The predicted octanol–water partition coefficient (Wildman–Crippen LogP) is 1.92. The maximum atomic E-state index is 9.70. The Morgan fingerprint density at radius 1 is 1.17 bits per heavy atom. The Hall–Kier alpha value is -0.810. The minimum atomic E-state index is -0.131. The fraction of sp³-hybridized carbons (Fsp3) is 0.944. The molecule has 2 aliphatic rings. The topological polar surface area (TPSA) is 51.1 Å². The van der Waals surface area contributed by atoms with Crippen LogP contribution in [0.5, 0.6) is 0 Å². The fourth-order valence-electron chi connectivity index (χ4n) is 3.67. The van der Waals surface area contributed by atoms with Crippen molar-refractivity contribution in [1.82, 2.24) is 15.1 Å². The van der Waals surface area contributed by atoms with Crippen molar-refractivity contribution in [2.45, 2.75) is 65.0 Å². The van der Waals surface area contributed by atoms with E-state index in [1.165, 1.54) is 32.4 Å². The zero-order valence-electron chi connectivity index (χ0n) is 15.3. The zero-order valence-corrected chi connectivity index (χ0v) is 15.3. The summed E-state index contributed by atoms with van der Waals surface area (Å²) in [4.78, 5) is 9.90. The van der Waals surface area contributed by atoms with Crippen LogP contribution in [-0.2, 0) is 0 Å². The molecule has 2 aliphatic heterocycles. The molecule has 2 N–H and O–H groups in total. The molecule has 1 unspecified atom stereocenters. The molecular formula is C18H36N4O. The number of aliphatic imine (C=N–C) groups is 1. The normalized spacial score (nSPS) is 25.2. The van der Waals surface area contributed by atoms with Crippen LogP contribution in [-0.4, -0.2) is 72.3 Å². The minimum Gasteiger partial charge on any atom is -0.393 e. The number of hydrogen-bond donors (Lipinski definition) is 2. The lowest BCUT2D eigenvalue weighted by Crippen LogP contribution is -2.48. The lowest BCUT2D eigenvalue weighted by Gasteiger charge is -2.37. The van der Waals surface area contributed by atoms with E-state index < -0.39 is 0 Å². The highest BCUT2D eigenvalue weighted by atomic mass is 16.3. The fourth-order valence-corrected chi connectivity index (χ4v) is 3.67. The van der Waals surface area contributed by atoms with Crippen LogP contribution in [0.4, 0.5) is 0 Å². The number of nitrogens with zero attached hydrogens (tertiary/aromatic N) is 3. The van der Waals surface area contributed by atoms with Crippen LogP contribution in [0.2, 0.25) is 0 Å². The lowest BCUT2D eigenvalue weighted by atomic mass is 10.0. The van der Waals surface area contributed by atoms with Crippen LogP contribution in [0.25, 0.3) is 0 Å². The van der Waals surface area contributed by atoms with Crippen LogP contribution >= 0.6 is 0 Å². The van der Waals surface area contributed by atoms with Crippen LogP contribution in [0, 0.1) is 5.92 Å². The van der Waals surface area contributed by atoms with E-state index in [9.17, 15) is 5.11 Å². The Bertz CT molecular complexity index is 364. The Morgan fingerprint density at radius 2 is 1.91 bits per heavy atom. The monoisotopic (exact) mass is 324 g/mol. The molecule has 0 aromatic heterocycles. The number of aliphatic hydroxyl groups is 1. The second kappa shape index (κ2) is 9.48. The maximum Gasteiger partial charge on any atom is 0.193 e. The summed E-state index contributed by atoms with van der Waals surface area (Å²) in [6.07, 6.45) is 5.52. The summed E-state index contributed by atoms with van der Waals surface area (Å²) < 4.78 is 0. The van der Waals surface area contributed by atoms with E-state index in [4.69, 9.17) is 4.99 Å². The van der Waals surface area contributed by atoms with Gasteiger partial charge in [-0.1, -0.05) is 20.3 Å². The van der Waals surface area contributed by atoms with Gasteiger partial charge in [0.05, 0.1) is 12.6 Å². The second-order valence-electron chi connectivity index (χ2n) is 7.45. The van der Waals surface area contributed by atoms with Gasteiger partial charge in [0.25, 0.3) is 0 Å². The SMILES string of the molecule is CCNC(=NCC1CCCCN1CC(C)C)N1CCC(O)CC1. The third-order valence-electron chi connectivity index (χ3n) is 4.90. The summed E-state index contributed by atoms with van der Waals surface area (Å²) in [6, 6.07) is 0.593. The molecule has 0 saturated carbocycles. The largest absolute Gasteiger partial charge is 0.393 e. The predicted molar refractivity (Wildman–Crippen MR) is 96.8 cm³/mol. The second-order valence-corrected chi connectivity index (χ2v) is 7.45. The highest BCUT2D eigenvalue weighted by molar-refractivity contribution is 5.80. The first-order chi connectivity index (χ1) is 11.1. The summed E-state index contributed by atoms with van der Waals surface area (Å²) in [7, 11) is 0. The summed E-state index contributed by atoms with van der Waals surface area (Å²) in [5, 5.41) is 13.1. The molecule has 23 heavy (non-hydrogen) atoms. The summed E-state index contributed by atoms with van der Waals surface area (Å²) in [5.74, 6) is 1.76. The van der Waals surface area contributed by atoms with Gasteiger partial charge in [-0.2, -0.15) is 0 Å². The van der Waals surface area contributed by atoms with Crippen molar-refractivity contribution in [3.05, 3.63) is 0 Å². The van der Waals surface area contributed by atoms with Crippen molar-refractivity contribution in [2.24, 2.45) is 10.9 Å². The molecule has 0 radical (unpaired) electrons. The van der Waals surface area contributed by atoms with Gasteiger partial charge in [-0.15, -0.1) is 0 Å². The van der Waals surface area contributed by atoms with E-state index in [2.05, 4.69) is 35.9 Å². The van der Waals surface area contributed by atoms with E-state index in [1.807, 2.05) is 0 Å². The maximum absolute atomic E-state index is 9.70. The number of aliphatic hydroxyl groups excluding tert-OH is 1. The summed E-state index contributed by atoms with van der Waals surface area (Å²) >= 11 is 0. The van der Waals surface area contributed by atoms with Crippen molar-refractivity contribution in [3.8, 4) is 0 Å². The quantitative estimate of drug-likeness (QED) is 0.599. The molecule has 0 aromatic carbocycles. The van der Waals surface area contributed by atoms with Crippen molar-refractivity contribution < 1.29 is 5.11 Å². The van der Waals surface area contributed by atoms with Crippen molar-refractivity contribution in [3.63, 3.8) is 0 Å². The van der Waals surface area contributed by atoms with Gasteiger partial charge in [0.1, 0.15) is 0 Å². The van der Waals surface area contributed by atoms with E-state index in [1.54, 1.807) is 0 Å². The first kappa shape index (κ1) is 18.5. The molecule has 0 amide bonds. The molecule has 2 fully saturated rings. The molecule has 2 saturated heterocycles. The van der Waals surface area contributed by atoms with Gasteiger partial charge in [0, 0.05) is 32.2 Å². The molecule has 0 aliphatic carbocycles. The van der Waals surface area contributed by atoms with E-state index >= 15 is 0 Å². The van der Waals surface area contributed by atoms with Crippen LogP contribution in [0.1, 0.15) is 52.9 Å². The van der Waals surface area contributed by atoms with E-state index in [0.29, 0.717) is 6.04 Å². The molecule has 1 atom stereocenters. The van der Waals surface area contributed by atoms with E-state index in [-0.39, 0.29) is 6.10 Å². The smallest absolute Gasteiger partial charge is 0.193 e. The van der Waals surface area contributed by atoms with Crippen molar-refractivity contribution in [2.75, 3.05) is 39.3 Å². The van der Waals surface area contributed by atoms with Crippen molar-refractivity contribution in [1.29, 1.82) is 0 Å². The van der Waals surface area contributed by atoms with Gasteiger partial charge in [-0.3, -0.25) is 9.89 Å². The molecule has 0 spiro atoms. The van der Waals surface area contributed by atoms with E-state index in [0.717, 1.165) is 50.9 Å². The van der Waals surface area contributed by atoms with Crippen molar-refractivity contribution >= 4 is 5.96 Å². The standard InChI is InChI=1S/C18H36N4O/c1-4-19-18(21-11-8-17(23)9-12-21)20-13-16-7-5-6-10-22(16)14-15(2)3/h15-17,23H,4-14H2,1-3H3,(H,19,20). The third-order valence-corrected chi connectivity index (χ3v) is 4.90. The average molecular weight is 325 g/mol. The molecule has 2 heterocycles. The molecular weight excluding hydrogens is 288 g/mol. The summed E-state index contributed by atoms with van der Waals surface area (Å²) in [5.41, 5.74) is 0. The number of hydrogen-bond acceptors (Lipinski definition) is 3. The minimum absolute atomic E-state index is 0.131. The number of nitrogens with one attached hydrogen (secondary N) is 1. The third kappa shape index (κ3) is 5.96. The summed E-state index contributed by atoms with van der Waals surface area (Å²) in [6.45, 7) is 12.8. The Kier molecular flexibility index (Phi) is 7.63. The van der Waals surface area contributed by atoms with Gasteiger partial charge in [0.15, 0.2) is 5.96 Å². The lowest BCUT2D eigenvalue weighted by molar-refractivity contribution is 0.107. The van der Waals surface area contributed by atoms with Gasteiger partial charge >= 0.3 is 0 Å². The van der Waals surface area contributed by atoms with Gasteiger partial charge in [-0.05, 0) is 45.1 Å². The van der Waals surface area contributed by atoms with Gasteiger partial charge in [-0.25, -0.2) is 0 Å². The number of piperidine rings is 2. The van der Waals surface area contributed by atoms with Gasteiger partial charge in [0.2, 0.25) is 0 Å². The molecule has 0 bridgehead atoms. The Labute approximate surface area is 142 Å². The van der Waals surface area contributed by atoms with Crippen LogP contribution < -0.4 is 5.32 Å². The Morgan fingerprint density at radius 3 is 2.57 bits per heavy atom. The highest BCUT2D eigenvalue weighted by Crippen LogP contribution is 2.19. The first-order valence-electron chi connectivity index (χ1n) is 9.55. The first-order valence-corrected chi connectivity index (χ1v) is 9.55. The molecule has 134 valence electrons. The molecule has 0 aromatic rings. The molecule has 2 rings (SSSR count). The Balaban J connectivity index is 1.94. The highest BCUT2D eigenvalue weighted by Gasteiger charge is 2.24. The number of rotatable bonds is 5. The van der Waals surface area contributed by atoms with Crippen LogP contribution in [0.15, 0.2) is 4.99 Å².